The van der Waals surface area contributed by atoms with Gasteiger partial charge >= 0.3 is 11.9 Å². The third kappa shape index (κ3) is 7.00. The molecule has 0 saturated heterocycles. The van der Waals surface area contributed by atoms with E-state index in [4.69, 9.17) is 15.9 Å². The van der Waals surface area contributed by atoms with Crippen molar-refractivity contribution in [1.82, 2.24) is 10.6 Å². The first-order valence-electron chi connectivity index (χ1n) is 7.55. The van der Waals surface area contributed by atoms with E-state index in [1.54, 1.807) is 30.3 Å². The molecule has 0 saturated carbocycles. The SMILES string of the molecule is CC(NC(=O)C(Cc1ccccc1)NC(=O)C(N)CC(=O)O)C(=O)O. The molecule has 25 heavy (non-hydrogen) atoms. The maximum absolute atomic E-state index is 12.3. The van der Waals surface area contributed by atoms with Gasteiger partial charge in [0.2, 0.25) is 11.8 Å². The summed E-state index contributed by atoms with van der Waals surface area (Å²) in [5.74, 6) is -3.97. The highest BCUT2D eigenvalue weighted by atomic mass is 16.4. The first kappa shape index (κ1) is 20.1. The van der Waals surface area contributed by atoms with Gasteiger partial charge in [-0.05, 0) is 12.5 Å². The first-order chi connectivity index (χ1) is 11.7. The minimum Gasteiger partial charge on any atom is -0.481 e. The number of nitrogens with one attached hydrogen (secondary N) is 2. The quantitative estimate of drug-likeness (QED) is 0.386. The van der Waals surface area contributed by atoms with Gasteiger partial charge in [-0.2, -0.15) is 0 Å². The van der Waals surface area contributed by atoms with Crippen LogP contribution in [0.4, 0.5) is 0 Å². The molecule has 9 nitrogen and oxygen atoms in total. The van der Waals surface area contributed by atoms with Crippen LogP contribution in [0.5, 0.6) is 0 Å². The van der Waals surface area contributed by atoms with Crippen LogP contribution in [-0.4, -0.2) is 52.1 Å². The molecule has 3 atom stereocenters. The summed E-state index contributed by atoms with van der Waals surface area (Å²) in [7, 11) is 0. The lowest BCUT2D eigenvalue weighted by Crippen LogP contribution is -2.55. The minimum absolute atomic E-state index is 0.102. The molecule has 3 unspecified atom stereocenters. The Morgan fingerprint density at radius 1 is 1.04 bits per heavy atom. The molecule has 136 valence electrons. The monoisotopic (exact) mass is 351 g/mol. The average molecular weight is 351 g/mol. The minimum atomic E-state index is -1.32. The Morgan fingerprint density at radius 3 is 2.16 bits per heavy atom. The maximum Gasteiger partial charge on any atom is 0.325 e. The third-order valence-corrected chi connectivity index (χ3v) is 3.38. The number of benzene rings is 1. The normalized spacial score (nSPS) is 14.0. The van der Waals surface area contributed by atoms with Crippen molar-refractivity contribution in [3.63, 3.8) is 0 Å². The van der Waals surface area contributed by atoms with E-state index >= 15 is 0 Å². The van der Waals surface area contributed by atoms with E-state index in [0.717, 1.165) is 5.56 Å². The predicted molar refractivity (Wildman–Crippen MR) is 87.5 cm³/mol. The summed E-state index contributed by atoms with van der Waals surface area (Å²) in [6, 6.07) is 5.22. The molecule has 0 fully saturated rings. The number of aliphatic carboxylic acids is 2. The second kappa shape index (κ2) is 9.38. The molecule has 0 heterocycles. The highest BCUT2D eigenvalue weighted by Crippen LogP contribution is 2.05. The van der Waals surface area contributed by atoms with Gasteiger partial charge in [-0.1, -0.05) is 30.3 Å². The van der Waals surface area contributed by atoms with Crippen LogP contribution in [0.1, 0.15) is 18.9 Å². The van der Waals surface area contributed by atoms with Gasteiger partial charge in [0.05, 0.1) is 12.5 Å². The standard InChI is InChI=1S/C16H21N3O6/c1-9(16(24)25)18-15(23)12(7-10-5-3-2-4-6-10)19-14(22)11(17)8-13(20)21/h2-6,9,11-12H,7-8,17H2,1H3,(H,18,23)(H,19,22)(H,20,21)(H,24,25). The van der Waals surface area contributed by atoms with E-state index in [0.29, 0.717) is 0 Å². The smallest absolute Gasteiger partial charge is 0.325 e. The van der Waals surface area contributed by atoms with E-state index in [9.17, 15) is 19.2 Å². The highest BCUT2D eigenvalue weighted by Gasteiger charge is 2.27. The molecule has 1 aromatic carbocycles. The maximum atomic E-state index is 12.3. The van der Waals surface area contributed by atoms with Crippen molar-refractivity contribution in [2.24, 2.45) is 5.73 Å². The van der Waals surface area contributed by atoms with Gasteiger partial charge in [0.25, 0.3) is 0 Å². The molecular weight excluding hydrogens is 330 g/mol. The van der Waals surface area contributed by atoms with Crippen LogP contribution in [-0.2, 0) is 25.6 Å². The Labute approximate surface area is 144 Å². The number of hydrogen-bond acceptors (Lipinski definition) is 5. The molecule has 1 aromatic rings. The fourth-order valence-electron chi connectivity index (χ4n) is 1.99. The Kier molecular flexibility index (Phi) is 7.54. The molecule has 0 aliphatic rings. The number of carboxylic acid groups (broad SMARTS) is 2. The lowest BCUT2D eigenvalue weighted by molar-refractivity contribution is -0.142. The number of hydrogen-bond donors (Lipinski definition) is 5. The van der Waals surface area contributed by atoms with Crippen LogP contribution >= 0.6 is 0 Å². The van der Waals surface area contributed by atoms with Crippen LogP contribution in [0.25, 0.3) is 0 Å². The van der Waals surface area contributed by atoms with Gasteiger partial charge in [-0.25, -0.2) is 0 Å². The highest BCUT2D eigenvalue weighted by molar-refractivity contribution is 5.93. The predicted octanol–water partition coefficient (Wildman–Crippen LogP) is -0.895. The van der Waals surface area contributed by atoms with Gasteiger partial charge in [-0.15, -0.1) is 0 Å². The molecule has 2 amide bonds. The fourth-order valence-corrected chi connectivity index (χ4v) is 1.99. The molecule has 9 heteroatoms. The summed E-state index contributed by atoms with van der Waals surface area (Å²) in [5.41, 5.74) is 6.22. The number of carboxylic acids is 2. The zero-order valence-corrected chi connectivity index (χ0v) is 13.6. The Balaban J connectivity index is 2.86. The van der Waals surface area contributed by atoms with Crippen molar-refractivity contribution in [2.75, 3.05) is 0 Å². The van der Waals surface area contributed by atoms with Gasteiger partial charge in [0.1, 0.15) is 12.1 Å². The van der Waals surface area contributed by atoms with Gasteiger partial charge < -0.3 is 26.6 Å². The van der Waals surface area contributed by atoms with Gasteiger partial charge in [0, 0.05) is 6.42 Å². The summed E-state index contributed by atoms with van der Waals surface area (Å²) < 4.78 is 0. The van der Waals surface area contributed by atoms with Crippen LogP contribution in [0.15, 0.2) is 30.3 Å². The van der Waals surface area contributed by atoms with Crippen molar-refractivity contribution >= 4 is 23.8 Å². The molecule has 0 aliphatic carbocycles. The summed E-state index contributed by atoms with van der Waals surface area (Å²) >= 11 is 0. The van der Waals surface area contributed by atoms with Crippen LogP contribution in [0.3, 0.4) is 0 Å². The Hall–Kier alpha value is -2.94. The summed E-state index contributed by atoms with van der Waals surface area (Å²) in [6.07, 6.45) is -0.485. The van der Waals surface area contributed by atoms with Crippen LogP contribution in [0, 0.1) is 0 Å². The van der Waals surface area contributed by atoms with Crippen molar-refractivity contribution < 1.29 is 29.4 Å². The number of carbonyl (C=O) groups excluding carboxylic acids is 2. The largest absolute Gasteiger partial charge is 0.481 e. The van der Waals surface area contributed by atoms with E-state index in [1.807, 2.05) is 0 Å². The van der Waals surface area contributed by atoms with Crippen LogP contribution < -0.4 is 16.4 Å². The number of amides is 2. The van der Waals surface area contributed by atoms with Crippen molar-refractivity contribution in [3.05, 3.63) is 35.9 Å². The summed E-state index contributed by atoms with van der Waals surface area (Å²) in [6.45, 7) is 1.29. The molecule has 0 aliphatic heterocycles. The van der Waals surface area contributed by atoms with Crippen molar-refractivity contribution in [1.29, 1.82) is 0 Å². The summed E-state index contributed by atoms with van der Waals surface area (Å²) in [4.78, 5) is 45.8. The topological polar surface area (TPSA) is 159 Å². The number of rotatable bonds is 9. The van der Waals surface area contributed by atoms with E-state index < -0.39 is 48.3 Å². The summed E-state index contributed by atoms with van der Waals surface area (Å²) in [5, 5.41) is 22.2. The zero-order chi connectivity index (χ0) is 19.0. The van der Waals surface area contributed by atoms with Crippen molar-refractivity contribution in [3.8, 4) is 0 Å². The third-order valence-electron chi connectivity index (χ3n) is 3.38. The lowest BCUT2D eigenvalue weighted by atomic mass is 10.0. The van der Waals surface area contributed by atoms with E-state index in [-0.39, 0.29) is 6.42 Å². The molecule has 1 rings (SSSR count). The second-order valence-electron chi connectivity index (χ2n) is 5.52. The molecular formula is C16H21N3O6. The fraction of sp³-hybridized carbons (Fsp3) is 0.375. The second-order valence-corrected chi connectivity index (χ2v) is 5.52. The first-order valence-corrected chi connectivity index (χ1v) is 7.55. The van der Waals surface area contributed by atoms with Gasteiger partial charge in [-0.3, -0.25) is 19.2 Å². The van der Waals surface area contributed by atoms with E-state index in [1.165, 1.54) is 6.92 Å². The number of carbonyl (C=O) groups is 4. The lowest BCUT2D eigenvalue weighted by Gasteiger charge is -2.21. The molecule has 0 aromatic heterocycles. The Morgan fingerprint density at radius 2 is 1.64 bits per heavy atom. The number of nitrogens with two attached hydrogens (primary N) is 1. The van der Waals surface area contributed by atoms with Gasteiger partial charge in [0.15, 0.2) is 0 Å². The van der Waals surface area contributed by atoms with E-state index in [2.05, 4.69) is 10.6 Å². The zero-order valence-electron chi connectivity index (χ0n) is 13.6. The molecule has 0 spiro atoms. The van der Waals surface area contributed by atoms with Crippen LogP contribution in [0.2, 0.25) is 0 Å². The van der Waals surface area contributed by atoms with Crippen molar-refractivity contribution in [2.45, 2.75) is 37.9 Å². The average Bonchev–Trinajstić information content (AvgIpc) is 2.54. The molecule has 6 N–H and O–H groups in total. The Bertz CT molecular complexity index is 634. The molecule has 0 radical (unpaired) electrons. The molecule has 0 bridgehead atoms.